The van der Waals surface area contributed by atoms with Gasteiger partial charge in [-0.3, -0.25) is 4.79 Å². The Kier molecular flexibility index (Phi) is 7.34. The lowest BCUT2D eigenvalue weighted by atomic mass is 9.38. The van der Waals surface area contributed by atoms with Crippen molar-refractivity contribution in [2.75, 3.05) is 20.3 Å². The van der Waals surface area contributed by atoms with Crippen LogP contribution in [0.4, 0.5) is 0 Å². The molecule has 0 aromatic rings. The highest BCUT2D eigenvalue weighted by molar-refractivity contribution is 5.98. The average molecular weight is 618 g/mol. The predicted octanol–water partition coefficient (Wildman–Crippen LogP) is 0.254. The molecule has 13 heteroatoms. The first-order valence-electron chi connectivity index (χ1n) is 15.1. The van der Waals surface area contributed by atoms with Crippen molar-refractivity contribution in [1.82, 2.24) is 5.32 Å². The zero-order valence-electron chi connectivity index (χ0n) is 25.4. The molecule has 6 rings (SSSR count). The number of aliphatic hydroxyl groups is 2. The summed E-state index contributed by atoms with van der Waals surface area (Å²) in [6.07, 6.45) is -3.59. The Morgan fingerprint density at radius 2 is 1.86 bits per heavy atom. The number of allylic oxidation sites excluding steroid dienone is 3. The van der Waals surface area contributed by atoms with Gasteiger partial charge in [0.05, 0.1) is 25.7 Å². The van der Waals surface area contributed by atoms with E-state index < -0.39 is 94.3 Å². The summed E-state index contributed by atoms with van der Waals surface area (Å²) >= 11 is 0. The van der Waals surface area contributed by atoms with Crippen LogP contribution in [0.25, 0.3) is 0 Å². The molecule has 3 aliphatic heterocycles. The van der Waals surface area contributed by atoms with Gasteiger partial charge in [0.2, 0.25) is 11.7 Å². The van der Waals surface area contributed by atoms with E-state index in [2.05, 4.69) is 5.32 Å². The Bertz CT molecular complexity index is 1380. The van der Waals surface area contributed by atoms with Crippen LogP contribution in [-0.4, -0.2) is 96.2 Å². The van der Waals surface area contributed by atoms with Gasteiger partial charge in [0.25, 0.3) is 0 Å². The molecule has 2 saturated carbocycles. The van der Waals surface area contributed by atoms with Crippen LogP contribution in [0, 0.1) is 28.6 Å². The number of ether oxygens (including phenoxy) is 5. The fraction of sp³-hybridized carbons (Fsp3) is 0.710. The number of rotatable bonds is 5. The number of aliphatic hydroxyl groups excluding tert-OH is 2. The molecule has 13 nitrogen and oxygen atoms in total. The molecule has 0 radical (unpaired) electrons. The van der Waals surface area contributed by atoms with Crippen molar-refractivity contribution in [2.24, 2.45) is 28.6 Å². The van der Waals surface area contributed by atoms with E-state index in [0.29, 0.717) is 24.1 Å². The molecule has 44 heavy (non-hydrogen) atoms. The Hall–Kier alpha value is -3.13. The van der Waals surface area contributed by atoms with E-state index in [1.165, 1.54) is 6.08 Å². The van der Waals surface area contributed by atoms with Crippen molar-refractivity contribution in [3.8, 4) is 0 Å². The number of carbonyl (C=O) groups excluding carboxylic acids is 5. The van der Waals surface area contributed by atoms with E-state index in [4.69, 9.17) is 23.7 Å². The molecule has 11 atom stereocenters. The zero-order chi connectivity index (χ0) is 31.9. The van der Waals surface area contributed by atoms with Crippen LogP contribution < -0.4 is 5.32 Å². The summed E-state index contributed by atoms with van der Waals surface area (Å²) in [4.78, 5) is 66.6. The van der Waals surface area contributed by atoms with Crippen molar-refractivity contribution in [3.63, 3.8) is 0 Å². The van der Waals surface area contributed by atoms with E-state index in [1.807, 2.05) is 6.92 Å². The number of ketones is 1. The first kappa shape index (κ1) is 30.9. The Labute approximate surface area is 254 Å². The number of esters is 4. The topological polar surface area (TPSA) is 184 Å². The third-order valence-electron chi connectivity index (χ3n) is 11.0. The molecule has 3 heterocycles. The molecule has 3 saturated heterocycles. The monoisotopic (exact) mass is 617 g/mol. The number of nitrogens with one attached hydrogen (secondary N) is 1. The Balaban J connectivity index is 1.47. The second-order valence-corrected chi connectivity index (χ2v) is 13.6. The number of hydrogen-bond acceptors (Lipinski definition) is 13. The summed E-state index contributed by atoms with van der Waals surface area (Å²) < 4.78 is 28.5. The summed E-state index contributed by atoms with van der Waals surface area (Å²) in [5.41, 5.74) is -3.58. The standard InChI is InChI=1S/C31H39NO12/c1-13(2)9-19(34)43-22-24-30-12-41-31(24,28(39)40-5)25(36)20(35)23(30)29(4)11-17(33)21(44-26(37)16-7-6-8-32-16)14(3)15(29)10-18(30)42-27(22)38/h9,15-16,18,20,22-25,32,35-36H,6-8,10-12H2,1-5H3/t15-,16?,18+,20+,22+,23?,24+,25-,29-,30+,31-/m0/s1. The van der Waals surface area contributed by atoms with Crippen molar-refractivity contribution in [3.05, 3.63) is 23.0 Å². The van der Waals surface area contributed by atoms with E-state index in [9.17, 15) is 34.2 Å². The summed E-state index contributed by atoms with van der Waals surface area (Å²) in [5, 5.41) is 26.7. The molecule has 2 unspecified atom stereocenters. The van der Waals surface area contributed by atoms with Gasteiger partial charge < -0.3 is 39.2 Å². The highest BCUT2D eigenvalue weighted by Crippen LogP contribution is 2.72. The molecule has 3 N–H and O–H groups in total. The van der Waals surface area contributed by atoms with Crippen molar-refractivity contribution in [2.45, 2.75) is 89.4 Å². The molecule has 3 aliphatic carbocycles. The summed E-state index contributed by atoms with van der Waals surface area (Å²) in [6, 6.07) is -0.519. The Morgan fingerprint density at radius 1 is 1.14 bits per heavy atom. The van der Waals surface area contributed by atoms with Gasteiger partial charge >= 0.3 is 23.9 Å². The molecule has 0 aromatic heterocycles. The third-order valence-corrected chi connectivity index (χ3v) is 11.0. The van der Waals surface area contributed by atoms with Gasteiger partial charge in [-0.05, 0) is 63.5 Å². The molecular weight excluding hydrogens is 578 g/mol. The maximum atomic E-state index is 13.7. The Morgan fingerprint density at radius 3 is 2.50 bits per heavy atom. The number of methoxy groups -OCH3 is 1. The SMILES string of the molecule is COC(=O)[C@@]12OC[C@]34C([C@@H](O)[C@@H]1O)[C@@]1(C)CC(=O)C(OC(=O)C5CCCN5)=C(C)[C@@H]1C[C@H]3OC(=O)[C@H](OC(=O)C=C(C)C)[C@@H]24. The van der Waals surface area contributed by atoms with Gasteiger partial charge in [-0.25, -0.2) is 19.2 Å². The molecule has 1 spiro atoms. The predicted molar refractivity (Wildman–Crippen MR) is 147 cm³/mol. The maximum Gasteiger partial charge on any atom is 0.348 e. The van der Waals surface area contributed by atoms with E-state index in [1.54, 1.807) is 20.8 Å². The lowest BCUT2D eigenvalue weighted by Gasteiger charge is -2.67. The minimum absolute atomic E-state index is 0.0632. The quantitative estimate of drug-likeness (QED) is 0.217. The van der Waals surface area contributed by atoms with Crippen LogP contribution in [0.2, 0.25) is 0 Å². The lowest BCUT2D eigenvalue weighted by Crippen LogP contribution is -2.79. The van der Waals surface area contributed by atoms with E-state index >= 15 is 0 Å². The molecule has 0 aromatic carbocycles. The first-order chi connectivity index (χ1) is 20.7. The van der Waals surface area contributed by atoms with Crippen LogP contribution in [0.15, 0.2) is 23.0 Å². The number of hydrogen-bond donors (Lipinski definition) is 3. The van der Waals surface area contributed by atoms with Crippen molar-refractivity contribution >= 4 is 29.7 Å². The van der Waals surface area contributed by atoms with Gasteiger partial charge in [0, 0.05) is 23.8 Å². The summed E-state index contributed by atoms with van der Waals surface area (Å²) in [5.74, 6) is -6.65. The fourth-order valence-corrected chi connectivity index (χ4v) is 9.44. The summed E-state index contributed by atoms with van der Waals surface area (Å²) in [6.45, 7) is 7.26. The average Bonchev–Trinajstić information content (AvgIpc) is 3.60. The second kappa shape index (κ2) is 10.5. The van der Waals surface area contributed by atoms with Gasteiger partial charge in [-0.2, -0.15) is 0 Å². The van der Waals surface area contributed by atoms with Gasteiger partial charge in [-0.1, -0.05) is 12.5 Å². The van der Waals surface area contributed by atoms with Gasteiger partial charge in [-0.15, -0.1) is 0 Å². The van der Waals surface area contributed by atoms with Gasteiger partial charge in [0.15, 0.2) is 11.5 Å². The third kappa shape index (κ3) is 4.01. The van der Waals surface area contributed by atoms with E-state index in [-0.39, 0.29) is 25.2 Å². The van der Waals surface area contributed by atoms with Crippen molar-refractivity contribution < 1.29 is 57.9 Å². The highest BCUT2D eigenvalue weighted by atomic mass is 16.6. The minimum atomic E-state index is -2.25. The molecule has 2 bridgehead atoms. The molecule has 6 aliphatic rings. The van der Waals surface area contributed by atoms with Crippen molar-refractivity contribution in [1.29, 1.82) is 0 Å². The zero-order valence-corrected chi connectivity index (χ0v) is 25.4. The largest absolute Gasteiger partial charge is 0.467 e. The molecular formula is C31H39NO12. The second-order valence-electron chi connectivity index (χ2n) is 13.6. The van der Waals surface area contributed by atoms with Crippen LogP contribution in [0.5, 0.6) is 0 Å². The van der Waals surface area contributed by atoms with Crippen LogP contribution in [-0.2, 0) is 47.7 Å². The normalized spacial score (nSPS) is 43.8. The maximum absolute atomic E-state index is 13.7. The molecule has 240 valence electrons. The fourth-order valence-electron chi connectivity index (χ4n) is 9.44. The minimum Gasteiger partial charge on any atom is -0.467 e. The van der Waals surface area contributed by atoms with E-state index in [0.717, 1.165) is 13.5 Å². The molecule has 5 fully saturated rings. The van der Waals surface area contributed by atoms with Gasteiger partial charge in [0.1, 0.15) is 18.2 Å². The number of fused-ring (bicyclic) bond motifs is 2. The van der Waals surface area contributed by atoms with Crippen LogP contribution >= 0.6 is 0 Å². The van der Waals surface area contributed by atoms with Crippen LogP contribution in [0.3, 0.4) is 0 Å². The first-order valence-corrected chi connectivity index (χ1v) is 15.1. The molecule has 0 amide bonds. The van der Waals surface area contributed by atoms with Crippen LogP contribution in [0.1, 0.15) is 53.4 Å². The highest BCUT2D eigenvalue weighted by Gasteiger charge is 2.85. The number of Topliss-reactive ketones (excluding diaryl/α,β-unsaturated/α-hetero) is 1. The number of carbonyl (C=O) groups is 5. The summed E-state index contributed by atoms with van der Waals surface area (Å²) in [7, 11) is 1.09. The smallest absolute Gasteiger partial charge is 0.348 e. The lowest BCUT2D eigenvalue weighted by molar-refractivity contribution is -0.290.